The number of carbonyl (C=O) groups excluding carboxylic acids is 1. The zero-order chi connectivity index (χ0) is 22.6. The average Bonchev–Trinajstić information content (AvgIpc) is 3.19. The first-order valence-electron chi connectivity index (χ1n) is 12.0. The number of piperidine rings is 1. The molecule has 1 fully saturated rings. The summed E-state index contributed by atoms with van der Waals surface area (Å²) in [4.78, 5) is 22.3. The Hall–Kier alpha value is -3.12. The molecule has 5 rings (SSSR count). The number of ether oxygens (including phenoxy) is 1. The van der Waals surface area contributed by atoms with E-state index >= 15 is 0 Å². The highest BCUT2D eigenvalue weighted by Gasteiger charge is 2.31. The van der Waals surface area contributed by atoms with E-state index < -0.39 is 0 Å². The largest absolute Gasteiger partial charge is 0.484 e. The number of benzene rings is 2. The third-order valence-corrected chi connectivity index (χ3v) is 6.85. The fraction of sp³-hybridized carbons (Fsp3) is 0.407. The van der Waals surface area contributed by atoms with Crippen molar-refractivity contribution in [1.29, 1.82) is 0 Å². The highest BCUT2D eigenvalue weighted by Crippen LogP contribution is 2.32. The summed E-state index contributed by atoms with van der Waals surface area (Å²) in [7, 11) is 2.01. The second-order valence-electron chi connectivity index (χ2n) is 9.11. The Bertz CT molecular complexity index is 1080. The summed E-state index contributed by atoms with van der Waals surface area (Å²) in [5.41, 5.74) is 2.34. The van der Waals surface area contributed by atoms with Crippen molar-refractivity contribution in [2.45, 2.75) is 44.4 Å². The minimum absolute atomic E-state index is 0.0553. The van der Waals surface area contributed by atoms with E-state index in [0.717, 1.165) is 56.0 Å². The van der Waals surface area contributed by atoms with Gasteiger partial charge in [0.25, 0.3) is 0 Å². The maximum atomic E-state index is 13.4. The van der Waals surface area contributed by atoms with Gasteiger partial charge in [-0.1, -0.05) is 48.5 Å². The Labute approximate surface area is 195 Å². The number of imidazole rings is 1. The topological polar surface area (TPSA) is 50.6 Å². The van der Waals surface area contributed by atoms with Crippen LogP contribution in [0.4, 0.5) is 0 Å². The number of aromatic nitrogens is 2. The van der Waals surface area contributed by atoms with Gasteiger partial charge < -0.3 is 14.2 Å². The van der Waals surface area contributed by atoms with Crippen LogP contribution in [0.15, 0.2) is 67.0 Å². The van der Waals surface area contributed by atoms with Crippen LogP contribution in [0, 0.1) is 0 Å². The number of rotatable bonds is 5. The molecule has 6 heteroatoms. The van der Waals surface area contributed by atoms with Crippen molar-refractivity contribution >= 4 is 5.91 Å². The molecule has 0 unspecified atom stereocenters. The van der Waals surface area contributed by atoms with Gasteiger partial charge in [0.2, 0.25) is 5.91 Å². The van der Waals surface area contributed by atoms with Crippen molar-refractivity contribution in [1.82, 2.24) is 19.4 Å². The molecule has 0 N–H and O–H groups in total. The maximum absolute atomic E-state index is 13.4. The normalized spacial score (nSPS) is 21.2. The molecule has 2 aromatic carbocycles. The summed E-state index contributed by atoms with van der Waals surface area (Å²) >= 11 is 0. The lowest BCUT2D eigenvalue weighted by Crippen LogP contribution is -2.41. The first-order valence-corrected chi connectivity index (χ1v) is 12.0. The summed E-state index contributed by atoms with van der Waals surface area (Å²) in [6, 6.07) is 18.7. The van der Waals surface area contributed by atoms with Gasteiger partial charge in [-0.15, -0.1) is 0 Å². The van der Waals surface area contributed by atoms with Crippen LogP contribution < -0.4 is 4.74 Å². The van der Waals surface area contributed by atoms with Crippen LogP contribution in [-0.2, 0) is 18.4 Å². The Kier molecular flexibility index (Phi) is 6.44. The first kappa shape index (κ1) is 21.7. The molecule has 3 heterocycles. The smallest absolute Gasteiger partial charge is 0.224 e. The third-order valence-electron chi connectivity index (χ3n) is 6.85. The molecule has 2 aliphatic rings. The molecule has 2 atom stereocenters. The SMILES string of the molecule is Cn1ccnc1[C@@H]1CCCCN1C(=O)CCN1Cc2ccccc2O[C@H](c2ccccc2)C1. The number of carbonyl (C=O) groups is 1. The molecular formula is C27H32N4O2. The molecule has 1 amide bonds. The minimum Gasteiger partial charge on any atom is -0.484 e. The van der Waals surface area contributed by atoms with Gasteiger partial charge in [-0.3, -0.25) is 9.69 Å². The van der Waals surface area contributed by atoms with Crippen molar-refractivity contribution in [3.8, 4) is 5.75 Å². The molecule has 172 valence electrons. The Balaban J connectivity index is 1.30. The Morgan fingerprint density at radius 2 is 1.91 bits per heavy atom. The van der Waals surface area contributed by atoms with Crippen LogP contribution >= 0.6 is 0 Å². The van der Waals surface area contributed by atoms with Crippen molar-refractivity contribution < 1.29 is 9.53 Å². The predicted octanol–water partition coefficient (Wildman–Crippen LogP) is 4.50. The van der Waals surface area contributed by atoms with Crippen molar-refractivity contribution in [2.24, 2.45) is 7.05 Å². The summed E-state index contributed by atoms with van der Waals surface area (Å²) in [6.45, 7) is 3.07. The molecule has 1 saturated heterocycles. The lowest BCUT2D eigenvalue weighted by molar-refractivity contribution is -0.135. The van der Waals surface area contributed by atoms with E-state index in [0.29, 0.717) is 13.0 Å². The molecule has 6 nitrogen and oxygen atoms in total. The second kappa shape index (κ2) is 9.79. The van der Waals surface area contributed by atoms with E-state index in [4.69, 9.17) is 4.74 Å². The monoisotopic (exact) mass is 444 g/mol. The van der Waals surface area contributed by atoms with Crippen molar-refractivity contribution in [3.05, 3.63) is 83.9 Å². The van der Waals surface area contributed by atoms with E-state index in [-0.39, 0.29) is 18.1 Å². The lowest BCUT2D eigenvalue weighted by Gasteiger charge is -2.36. The third kappa shape index (κ3) is 4.81. The van der Waals surface area contributed by atoms with Crippen LogP contribution in [0.1, 0.15) is 54.8 Å². The number of hydrogen-bond donors (Lipinski definition) is 0. The van der Waals surface area contributed by atoms with Crippen molar-refractivity contribution in [2.75, 3.05) is 19.6 Å². The molecule has 1 aromatic heterocycles. The number of aryl methyl sites for hydroxylation is 1. The second-order valence-corrected chi connectivity index (χ2v) is 9.11. The summed E-state index contributed by atoms with van der Waals surface area (Å²) in [5.74, 6) is 2.15. The van der Waals surface area contributed by atoms with Crippen LogP contribution in [-0.4, -0.2) is 44.9 Å². The number of amides is 1. The van der Waals surface area contributed by atoms with E-state index in [1.54, 1.807) is 0 Å². The van der Waals surface area contributed by atoms with E-state index in [2.05, 4.69) is 51.2 Å². The lowest BCUT2D eigenvalue weighted by atomic mass is 10.0. The summed E-state index contributed by atoms with van der Waals surface area (Å²) < 4.78 is 8.47. The number of para-hydroxylation sites is 1. The minimum atomic E-state index is -0.0553. The molecule has 2 aliphatic heterocycles. The highest BCUT2D eigenvalue weighted by molar-refractivity contribution is 5.77. The summed E-state index contributed by atoms with van der Waals surface area (Å²) in [5, 5.41) is 0. The Morgan fingerprint density at radius 3 is 2.73 bits per heavy atom. The van der Waals surface area contributed by atoms with Gasteiger partial charge in [-0.2, -0.15) is 0 Å². The molecule has 0 radical (unpaired) electrons. The number of hydrogen-bond acceptors (Lipinski definition) is 4. The average molecular weight is 445 g/mol. The standard InChI is InChI=1S/C27H32N4O2/c1-29-18-15-28-27(29)23-12-7-8-16-31(23)26(32)14-17-30-19-22-11-5-6-13-24(22)33-25(20-30)21-9-3-2-4-10-21/h2-6,9-11,13,15,18,23,25H,7-8,12,14,16-17,19-20H2,1H3/t23-,25-/m0/s1. The van der Waals surface area contributed by atoms with E-state index in [1.165, 1.54) is 5.56 Å². The molecule has 0 spiro atoms. The first-order chi connectivity index (χ1) is 16.2. The van der Waals surface area contributed by atoms with Gasteiger partial charge in [0, 0.05) is 57.6 Å². The van der Waals surface area contributed by atoms with Gasteiger partial charge in [-0.25, -0.2) is 4.98 Å². The quantitative estimate of drug-likeness (QED) is 0.581. The van der Waals surface area contributed by atoms with Crippen LogP contribution in [0.5, 0.6) is 5.75 Å². The molecule has 33 heavy (non-hydrogen) atoms. The van der Waals surface area contributed by atoms with Crippen LogP contribution in [0.3, 0.4) is 0 Å². The van der Waals surface area contributed by atoms with Gasteiger partial charge in [0.1, 0.15) is 17.7 Å². The maximum Gasteiger partial charge on any atom is 0.224 e. The Morgan fingerprint density at radius 1 is 1.09 bits per heavy atom. The van der Waals surface area contributed by atoms with E-state index in [9.17, 15) is 4.79 Å². The zero-order valence-corrected chi connectivity index (χ0v) is 19.3. The number of likely N-dealkylation sites (tertiary alicyclic amines) is 1. The van der Waals surface area contributed by atoms with Crippen LogP contribution in [0.25, 0.3) is 0 Å². The summed E-state index contributed by atoms with van der Waals surface area (Å²) in [6.07, 6.45) is 7.42. The van der Waals surface area contributed by atoms with Gasteiger partial charge in [0.15, 0.2) is 0 Å². The predicted molar refractivity (Wildman–Crippen MR) is 128 cm³/mol. The molecule has 0 bridgehead atoms. The van der Waals surface area contributed by atoms with Crippen molar-refractivity contribution in [3.63, 3.8) is 0 Å². The van der Waals surface area contributed by atoms with Crippen LogP contribution in [0.2, 0.25) is 0 Å². The van der Waals surface area contributed by atoms with E-state index in [1.807, 2.05) is 42.2 Å². The molecule has 3 aromatic rings. The molecular weight excluding hydrogens is 412 g/mol. The van der Waals surface area contributed by atoms with Gasteiger partial charge in [-0.05, 0) is 30.9 Å². The number of fused-ring (bicyclic) bond motifs is 1. The fourth-order valence-electron chi connectivity index (χ4n) is 5.09. The molecule has 0 saturated carbocycles. The van der Waals surface area contributed by atoms with Gasteiger partial charge >= 0.3 is 0 Å². The number of nitrogens with zero attached hydrogens (tertiary/aromatic N) is 4. The molecule has 0 aliphatic carbocycles. The highest BCUT2D eigenvalue weighted by atomic mass is 16.5. The van der Waals surface area contributed by atoms with Gasteiger partial charge in [0.05, 0.1) is 6.04 Å². The zero-order valence-electron chi connectivity index (χ0n) is 19.3. The fourth-order valence-corrected chi connectivity index (χ4v) is 5.09.